The van der Waals surface area contributed by atoms with Gasteiger partial charge in [0.2, 0.25) is 0 Å². The van der Waals surface area contributed by atoms with Crippen LogP contribution in [0.5, 0.6) is 40.2 Å². The van der Waals surface area contributed by atoms with Gasteiger partial charge in [0.25, 0.3) is 0 Å². The Balaban J connectivity index is 1.22. The van der Waals surface area contributed by atoms with Gasteiger partial charge in [0.1, 0.15) is 40.2 Å². The fourth-order valence-corrected chi connectivity index (χ4v) is 16.9. The van der Waals surface area contributed by atoms with Crippen LogP contribution in [0.1, 0.15) is 398 Å². The maximum absolute atomic E-state index is 9.49. The zero-order valence-corrected chi connectivity index (χ0v) is 77.1. The smallest absolute Gasteiger partial charge is 0.123 e. The van der Waals surface area contributed by atoms with E-state index in [-0.39, 0.29) is 6.61 Å². The summed E-state index contributed by atoms with van der Waals surface area (Å²) in [6.45, 7) is 18.2. The molecular formula is C110H160N4O8. The first-order valence-corrected chi connectivity index (χ1v) is 50.0. The molecule has 0 unspecified atom stereocenters. The van der Waals surface area contributed by atoms with E-state index in [1.807, 2.05) is 0 Å². The van der Waals surface area contributed by atoms with Gasteiger partial charge in [-0.05, 0) is 177 Å². The van der Waals surface area contributed by atoms with Crippen molar-refractivity contribution in [1.29, 1.82) is 0 Å². The van der Waals surface area contributed by atoms with Gasteiger partial charge in [0.15, 0.2) is 0 Å². The van der Waals surface area contributed by atoms with Gasteiger partial charge in [-0.1, -0.05) is 330 Å². The van der Waals surface area contributed by atoms with Crippen LogP contribution in [0, 0.1) is 0 Å². The molecule has 8 bridgehead atoms. The number of aliphatic imine (C=N–C) groups is 4. The van der Waals surface area contributed by atoms with E-state index in [1.165, 1.54) is 231 Å². The highest BCUT2D eigenvalue weighted by atomic mass is 16.5. The van der Waals surface area contributed by atoms with E-state index >= 15 is 0 Å². The van der Waals surface area contributed by atoms with E-state index in [2.05, 4.69) is 169 Å². The lowest BCUT2D eigenvalue weighted by Gasteiger charge is -2.17. The highest BCUT2D eigenvalue weighted by Crippen LogP contribution is 2.43. The highest BCUT2D eigenvalue weighted by molar-refractivity contribution is 6.39. The normalized spacial score (nSPS) is 14.1. The number of benzene rings is 4. The molecule has 12 heteroatoms. The third-order valence-electron chi connectivity index (χ3n) is 24.2. The summed E-state index contributed by atoms with van der Waals surface area (Å²) < 4.78 is 47.8. The minimum atomic E-state index is 0.214. The lowest BCUT2D eigenvalue weighted by atomic mass is 9.97. The van der Waals surface area contributed by atoms with Crippen molar-refractivity contribution in [2.75, 3.05) is 52.9 Å². The van der Waals surface area contributed by atoms with E-state index in [9.17, 15) is 5.11 Å². The predicted molar refractivity (Wildman–Crippen MR) is 519 cm³/mol. The molecule has 5 aliphatic heterocycles. The van der Waals surface area contributed by atoms with Crippen molar-refractivity contribution in [2.45, 2.75) is 375 Å². The molecule has 12 nitrogen and oxygen atoms in total. The topological polar surface area (TPSA) is 134 Å². The van der Waals surface area contributed by atoms with Crippen molar-refractivity contribution in [3.63, 3.8) is 0 Å². The number of allylic oxidation sites excluding steroid dienone is 12. The van der Waals surface area contributed by atoms with Gasteiger partial charge >= 0.3 is 0 Å². The number of rotatable bonds is 71. The lowest BCUT2D eigenvalue weighted by molar-refractivity contribution is 0.273. The number of aliphatic hydroxyl groups excluding tert-OH is 1. The molecule has 0 aliphatic carbocycles. The quantitative estimate of drug-likeness (QED) is 0.0432. The molecule has 0 atom stereocenters. The molecule has 0 saturated carbocycles. The first-order valence-electron chi connectivity index (χ1n) is 50.0. The van der Waals surface area contributed by atoms with Crippen LogP contribution in [0.2, 0.25) is 0 Å². The average molecular weight is 1670 g/mol. The molecule has 122 heavy (non-hydrogen) atoms. The Labute approximate surface area is 740 Å². The Kier molecular flexibility index (Phi) is 48.6. The molecule has 5 aliphatic rings. The summed E-state index contributed by atoms with van der Waals surface area (Å²) in [6, 6.07) is 27.9. The van der Waals surface area contributed by atoms with Crippen LogP contribution < -0.4 is 33.2 Å². The fraction of sp³-hybridized carbons (Fsp3) is 0.600. The molecule has 0 amide bonds. The van der Waals surface area contributed by atoms with Crippen molar-refractivity contribution >= 4 is 45.1 Å². The Bertz CT molecular complexity index is 3850. The molecule has 5 heterocycles. The number of hydrogen-bond donors (Lipinski definition) is 1. The van der Waals surface area contributed by atoms with Crippen molar-refractivity contribution in [1.82, 2.24) is 0 Å². The maximum Gasteiger partial charge on any atom is 0.123 e. The van der Waals surface area contributed by atoms with E-state index in [1.54, 1.807) is 0 Å². The van der Waals surface area contributed by atoms with Gasteiger partial charge in [-0.15, -0.1) is 0 Å². The number of hydrogen-bond acceptors (Lipinski definition) is 12. The van der Waals surface area contributed by atoms with Crippen LogP contribution >= 0.6 is 0 Å². The van der Waals surface area contributed by atoms with Crippen molar-refractivity contribution in [3.05, 3.63) is 173 Å². The third-order valence-corrected chi connectivity index (χ3v) is 24.2. The second-order valence-corrected chi connectivity index (χ2v) is 34.9. The van der Waals surface area contributed by atoms with Crippen LogP contribution in [0.15, 0.2) is 170 Å². The Morgan fingerprint density at radius 3 is 0.574 bits per heavy atom. The average Bonchev–Trinajstić information content (AvgIpc) is 1.60. The standard InChI is InChI=1S/C110H160N4O8/c1-7-13-19-25-31-37-44-52-73-117-93-79-89(80-94(85-93)118-74-53-45-38-32-26-20-14-8-2)108-101-65-63-99(111-101)107(88-59-61-92(62-60-88)116-72-58-50-43-51-71-115)100-64-66-102(112-100)109(90-81-95(119-75-54-46-39-33-27-21-15-9-3)86-96(82-90)120-76-55-47-40-34-28-22-16-10-4)104-68-70-106(114-104)110(105-69-67-103(108)113-105)91-83-97(121-77-56-48-41-35-29-23-17-11-5)87-98(84-91)122-78-57-49-42-36-30-24-18-12-6/h59-70,79-87,115H,7-58,71-78H2,1-6H3. The lowest BCUT2D eigenvalue weighted by Crippen LogP contribution is -2.06. The summed E-state index contributed by atoms with van der Waals surface area (Å²) in [5, 5.41) is 9.49. The van der Waals surface area contributed by atoms with Gasteiger partial charge < -0.3 is 38.3 Å². The Hall–Kier alpha value is -7.96. The first-order chi connectivity index (χ1) is 60.3. The van der Waals surface area contributed by atoms with Gasteiger partial charge in [-0.2, -0.15) is 0 Å². The van der Waals surface area contributed by atoms with E-state index in [4.69, 9.17) is 53.1 Å². The Morgan fingerprint density at radius 1 is 0.189 bits per heavy atom. The van der Waals surface area contributed by atoms with Gasteiger partial charge in [0.05, 0.1) is 91.9 Å². The summed E-state index contributed by atoms with van der Waals surface area (Å²) in [7, 11) is 0. The molecule has 1 N–H and O–H groups in total. The van der Waals surface area contributed by atoms with E-state index < -0.39 is 0 Å². The molecule has 9 rings (SSSR count). The van der Waals surface area contributed by atoms with E-state index in [0.717, 1.165) is 233 Å². The van der Waals surface area contributed by atoms with E-state index in [0.29, 0.717) is 46.2 Å². The number of ether oxygens (including phenoxy) is 7. The number of aliphatic hydroxyl groups is 1. The van der Waals surface area contributed by atoms with Crippen LogP contribution in [-0.2, 0) is 0 Å². The maximum atomic E-state index is 9.49. The number of unbranched alkanes of at least 4 members (excludes halogenated alkanes) is 45. The molecule has 0 aromatic heterocycles. The van der Waals surface area contributed by atoms with Crippen LogP contribution in [-0.4, -0.2) is 80.8 Å². The minimum absolute atomic E-state index is 0.214. The van der Waals surface area contributed by atoms with Crippen molar-refractivity contribution in [3.8, 4) is 40.2 Å². The zero-order valence-electron chi connectivity index (χ0n) is 77.1. The van der Waals surface area contributed by atoms with Crippen molar-refractivity contribution < 1.29 is 38.3 Å². The molecule has 4 aromatic rings. The molecule has 668 valence electrons. The minimum Gasteiger partial charge on any atom is -0.494 e. The summed E-state index contributed by atoms with van der Waals surface area (Å²) in [4.78, 5) is 23.5. The van der Waals surface area contributed by atoms with Crippen LogP contribution in [0.25, 0.3) is 22.3 Å². The fourth-order valence-electron chi connectivity index (χ4n) is 16.9. The van der Waals surface area contributed by atoms with Crippen LogP contribution in [0.4, 0.5) is 0 Å². The van der Waals surface area contributed by atoms with Gasteiger partial charge in [-0.3, -0.25) is 0 Å². The van der Waals surface area contributed by atoms with Crippen molar-refractivity contribution in [2.24, 2.45) is 20.0 Å². The van der Waals surface area contributed by atoms with Crippen LogP contribution in [0.3, 0.4) is 0 Å². The molecule has 0 spiro atoms. The SMILES string of the molecule is CCCCCCCCCCOc1cc(OCCCCCCCCCC)cc(C2=C3C=CC(=N3)C(c3cc(OCCCCCCCCCC)cc(OCCCCCCCCCC)c3)=C3C=CC(=N3)C(c3cc(OCCCCCCCCCC)cc(OCCCCCCCCCC)c3)=C3C=CC(=N3)C(c3ccc(OCCCCCCO)cc3)=C3C=CC2=N3)c1. The zero-order chi connectivity index (χ0) is 85.3. The highest BCUT2D eigenvalue weighted by Gasteiger charge is 2.30. The summed E-state index contributed by atoms with van der Waals surface area (Å²) in [5.41, 5.74) is 13.2. The third kappa shape index (κ3) is 35.9. The second kappa shape index (κ2) is 60.6. The first kappa shape index (κ1) is 97.8. The number of fused-ring (bicyclic) bond motifs is 4. The largest absolute Gasteiger partial charge is 0.494 e. The summed E-state index contributed by atoms with van der Waals surface area (Å²) >= 11 is 0. The second-order valence-electron chi connectivity index (χ2n) is 34.9. The molecule has 0 fully saturated rings. The number of nitrogens with zero attached hydrogens (tertiary/aromatic N) is 4. The molecule has 0 saturated heterocycles. The molecule has 0 radical (unpaired) electrons. The monoisotopic (exact) mass is 1670 g/mol. The Morgan fingerprint density at radius 2 is 0.369 bits per heavy atom. The van der Waals surface area contributed by atoms with Gasteiger partial charge in [0, 0.05) is 47.1 Å². The summed E-state index contributed by atoms with van der Waals surface area (Å²) in [6.07, 6.45) is 79.4. The van der Waals surface area contributed by atoms with Gasteiger partial charge in [-0.25, -0.2) is 20.0 Å². The predicted octanol–water partition coefficient (Wildman–Crippen LogP) is 31.7. The molecular weight excluding hydrogens is 1510 g/mol. The summed E-state index contributed by atoms with van der Waals surface area (Å²) in [5.74, 6) is 5.39. The molecule has 4 aromatic carbocycles.